The molecule has 0 aliphatic carbocycles. The third kappa shape index (κ3) is 39.9. The summed E-state index contributed by atoms with van der Waals surface area (Å²) in [6, 6.07) is 3.50. The number of alkyl halides is 8. The van der Waals surface area contributed by atoms with Crippen LogP contribution in [0.3, 0.4) is 0 Å². The molecule has 1 heterocycles. The molecule has 0 N–H and O–H groups in total. The topological polar surface area (TPSA) is 172 Å². The molecule has 0 atom stereocenters. The van der Waals surface area contributed by atoms with Gasteiger partial charge in [0.15, 0.2) is 20.2 Å². The van der Waals surface area contributed by atoms with E-state index in [1.165, 1.54) is 53.1 Å². The van der Waals surface area contributed by atoms with Crippen molar-refractivity contribution in [1.82, 2.24) is 14.7 Å². The molecule has 1 saturated heterocycles. The fraction of sp³-hybridized carbons (Fsp3) is 0.875. The number of nitrogens with zero attached hydrogens (tertiary/aromatic N) is 5. The van der Waals surface area contributed by atoms with Gasteiger partial charge in [0.05, 0.1) is 17.5 Å². The van der Waals surface area contributed by atoms with E-state index in [1.807, 2.05) is 0 Å². The Balaban J connectivity index is -0.0000000880. The summed E-state index contributed by atoms with van der Waals surface area (Å²) in [7, 11) is -5.58. The van der Waals surface area contributed by atoms with E-state index in [0.717, 1.165) is 0 Å². The molecule has 0 saturated carbocycles. The number of nitriles is 2. The normalized spacial score (nSPS) is 15.1. The van der Waals surface area contributed by atoms with E-state index in [2.05, 4.69) is 35.8 Å². The fourth-order valence-electron chi connectivity index (χ4n) is 1.36. The molecule has 38 heavy (non-hydrogen) atoms. The minimum absolute atomic E-state index is 0. The summed E-state index contributed by atoms with van der Waals surface area (Å²) in [6.45, 7) is 10.1. The Morgan fingerprint density at radius 2 is 0.763 bits per heavy atom. The Labute approximate surface area is 240 Å². The van der Waals surface area contributed by atoms with Crippen molar-refractivity contribution < 1.29 is 69.4 Å². The van der Waals surface area contributed by atoms with Gasteiger partial charge in [-0.3, -0.25) is 0 Å². The summed E-state index contributed by atoms with van der Waals surface area (Å²) < 4.78 is 118. The number of hydrogen-bond acceptors (Lipinski definition) is 11. The number of halogens is 8. The van der Waals surface area contributed by atoms with Crippen LogP contribution in [0.4, 0.5) is 26.3 Å². The molecule has 1 radical (unpaired) electrons. The summed E-state index contributed by atoms with van der Waals surface area (Å²) >= 11 is 9.53. The molecule has 227 valence electrons. The molecule has 0 unspecified atom stereocenters. The first-order valence-electron chi connectivity index (χ1n) is 9.26. The second kappa shape index (κ2) is 26.6. The smallest absolute Gasteiger partial charge is 0.741 e. The maximum Gasteiger partial charge on any atom is 5.00 e. The molecule has 0 spiro atoms. The van der Waals surface area contributed by atoms with Crippen molar-refractivity contribution in [3.8, 4) is 12.1 Å². The van der Waals surface area contributed by atoms with Crippen molar-refractivity contribution in [2.75, 3.05) is 65.8 Å². The third-order valence-electron chi connectivity index (χ3n) is 3.16. The molecule has 0 aromatic rings. The first-order chi connectivity index (χ1) is 16.4. The molecular weight excluding hydrogens is 663 g/mol. The summed E-state index contributed by atoms with van der Waals surface area (Å²) in [5.74, 6) is 0. The van der Waals surface area contributed by atoms with Gasteiger partial charge in [-0.25, -0.2) is 16.8 Å². The van der Waals surface area contributed by atoms with Gasteiger partial charge in [-0.2, -0.15) is 36.9 Å². The van der Waals surface area contributed by atoms with Crippen molar-refractivity contribution in [1.29, 1.82) is 10.5 Å². The maximum absolute atomic E-state index is 10.7. The predicted molar refractivity (Wildman–Crippen MR) is 123 cm³/mol. The fourth-order valence-corrected chi connectivity index (χ4v) is 1.36. The minimum atomic E-state index is -6.09. The average Bonchev–Trinajstić information content (AvgIpc) is 2.75. The van der Waals surface area contributed by atoms with Crippen molar-refractivity contribution in [2.24, 2.45) is 0 Å². The van der Waals surface area contributed by atoms with Gasteiger partial charge in [0.2, 0.25) is 0 Å². The van der Waals surface area contributed by atoms with E-state index in [0.29, 0.717) is 0 Å². The summed E-state index contributed by atoms with van der Waals surface area (Å²) in [5.41, 5.74) is -11.3. The van der Waals surface area contributed by atoms with Gasteiger partial charge in [0, 0.05) is 53.1 Å². The molecule has 1 rings (SSSR count). The molecule has 1 aliphatic rings. The maximum atomic E-state index is 10.7. The van der Waals surface area contributed by atoms with Crippen LogP contribution in [0.2, 0.25) is 0 Å². The Morgan fingerprint density at radius 3 is 0.816 bits per heavy atom. The summed E-state index contributed by atoms with van der Waals surface area (Å²) in [4.78, 5) is 7.20. The van der Waals surface area contributed by atoms with Gasteiger partial charge in [-0.1, -0.05) is 0 Å². The van der Waals surface area contributed by atoms with Gasteiger partial charge >= 0.3 is 28.1 Å². The molecular formula is C16H29Cl2F6FeN5O6S2+3. The van der Waals surface area contributed by atoms with Gasteiger partial charge in [0.25, 0.3) is 0 Å². The number of hydrogen-bond donors (Lipinski definition) is 0. The predicted octanol–water partition coefficient (Wildman–Crippen LogP) is 2.38. The van der Waals surface area contributed by atoms with E-state index in [1.54, 1.807) is 12.1 Å². The molecule has 11 nitrogen and oxygen atoms in total. The van der Waals surface area contributed by atoms with Crippen molar-refractivity contribution in [2.45, 2.75) is 24.9 Å². The molecule has 1 aliphatic heterocycles. The van der Waals surface area contributed by atoms with E-state index < -0.39 is 31.3 Å². The van der Waals surface area contributed by atoms with Crippen molar-refractivity contribution >= 4 is 43.4 Å². The standard InChI is InChI=1S/C9H21N3.2C2H3N.CH2Cl2.2CHF3O3S.Fe/c1-10-4-6-11(2)8-9-12(3)7-5-10;2*1-2-3;2-1-3;2*2-1(3,4)8(5,6)7;/h4-9H2,1-3H3;2*1H3;1H2;2*(H,5,6,7);/q;;;;;;+5/p-2. The minimum Gasteiger partial charge on any atom is -0.741 e. The quantitative estimate of drug-likeness (QED) is 0.120. The number of likely N-dealkylation sites (N-methyl/N-ethyl adjacent to an activating group) is 3. The van der Waals surface area contributed by atoms with Crippen LogP contribution in [0, 0.1) is 22.7 Å². The van der Waals surface area contributed by atoms with E-state index in [-0.39, 0.29) is 22.4 Å². The summed E-state index contributed by atoms with van der Waals surface area (Å²) in [6.07, 6.45) is 0. The second-order valence-corrected chi connectivity index (χ2v) is 9.81. The third-order valence-corrected chi connectivity index (χ3v) is 4.29. The second-order valence-electron chi connectivity index (χ2n) is 6.26. The molecule has 1 fully saturated rings. The van der Waals surface area contributed by atoms with Crippen LogP contribution in [-0.4, -0.2) is 117 Å². The van der Waals surface area contributed by atoms with Crippen LogP contribution in [0.1, 0.15) is 13.8 Å². The van der Waals surface area contributed by atoms with E-state index in [4.69, 9.17) is 59.7 Å². The SMILES string of the molecule is CC#N.CC#N.CN1CCN(C)CCN(C)CC1.ClCCl.O=S(=O)([O-])C(F)(F)F.O=S(=O)([O-])C(F)(F)F.[Fe+5]. The molecule has 22 heteroatoms. The molecule has 0 aromatic carbocycles. The zero-order valence-electron chi connectivity index (χ0n) is 20.8. The van der Waals surface area contributed by atoms with Crippen LogP contribution in [0.5, 0.6) is 0 Å². The van der Waals surface area contributed by atoms with Crippen LogP contribution in [0.25, 0.3) is 0 Å². The Hall–Kier alpha value is -0.641. The van der Waals surface area contributed by atoms with E-state index in [9.17, 15) is 26.3 Å². The molecule has 0 bridgehead atoms. The zero-order chi connectivity index (χ0) is 31.1. The number of rotatable bonds is 0. The Kier molecular flexibility index (Phi) is 35.1. The van der Waals surface area contributed by atoms with Gasteiger partial charge in [-0.15, -0.1) is 23.2 Å². The van der Waals surface area contributed by atoms with Crippen LogP contribution < -0.4 is 0 Å². The van der Waals surface area contributed by atoms with Crippen LogP contribution >= 0.6 is 23.2 Å². The largest absolute Gasteiger partial charge is 5.00 e. The average molecular weight is 692 g/mol. The molecule has 0 aromatic heterocycles. The Bertz CT molecular complexity index is 767. The van der Waals surface area contributed by atoms with Gasteiger partial charge < -0.3 is 23.8 Å². The van der Waals surface area contributed by atoms with E-state index >= 15 is 0 Å². The first-order valence-corrected chi connectivity index (χ1v) is 13.1. The van der Waals surface area contributed by atoms with Crippen LogP contribution in [0.15, 0.2) is 0 Å². The van der Waals surface area contributed by atoms with Crippen molar-refractivity contribution in [3.63, 3.8) is 0 Å². The molecule has 0 amide bonds. The van der Waals surface area contributed by atoms with Crippen molar-refractivity contribution in [3.05, 3.63) is 0 Å². The van der Waals surface area contributed by atoms with Gasteiger partial charge in [-0.05, 0) is 21.1 Å². The van der Waals surface area contributed by atoms with Crippen LogP contribution in [-0.2, 0) is 37.3 Å². The Morgan fingerprint density at radius 1 is 0.684 bits per heavy atom. The zero-order valence-corrected chi connectivity index (χ0v) is 25.1. The first kappa shape index (κ1) is 50.2. The van der Waals surface area contributed by atoms with Gasteiger partial charge in [0.1, 0.15) is 0 Å². The monoisotopic (exact) mass is 691 g/mol. The summed E-state index contributed by atoms with van der Waals surface area (Å²) in [5, 5.41) is 14.8.